The Labute approximate surface area is 122 Å². The molecule has 3 rings (SSSR count). The largest absolute Gasteiger partial charge is 0.491 e. The van der Waals surface area contributed by atoms with Crippen molar-refractivity contribution in [2.24, 2.45) is 0 Å². The lowest BCUT2D eigenvalue weighted by Crippen LogP contribution is -2.30. The second kappa shape index (κ2) is 5.12. The summed E-state index contributed by atoms with van der Waals surface area (Å²) in [6.07, 6.45) is 0. The van der Waals surface area contributed by atoms with Gasteiger partial charge in [-0.1, -0.05) is 32.0 Å². The van der Waals surface area contributed by atoms with Crippen molar-refractivity contribution >= 4 is 11.6 Å². The minimum atomic E-state index is -0.291. The predicted octanol–water partition coefficient (Wildman–Crippen LogP) is 1.98. The lowest BCUT2D eigenvalue weighted by atomic mass is 10.1. The second-order valence-electron chi connectivity index (χ2n) is 5.43. The molecule has 21 heavy (non-hydrogen) atoms. The third-order valence-corrected chi connectivity index (χ3v) is 3.63. The van der Waals surface area contributed by atoms with E-state index in [0.29, 0.717) is 12.3 Å². The Morgan fingerprint density at radius 2 is 2.24 bits per heavy atom. The zero-order valence-electron chi connectivity index (χ0n) is 12.0. The first-order chi connectivity index (χ1) is 10.1. The summed E-state index contributed by atoms with van der Waals surface area (Å²) in [6, 6.07) is 7.49. The number of benzene rings is 1. The van der Waals surface area contributed by atoms with Crippen LogP contribution in [0.5, 0.6) is 5.75 Å². The number of para-hydroxylation sites is 1. The maximum atomic E-state index is 12.3. The van der Waals surface area contributed by atoms with Crippen LogP contribution in [0.2, 0.25) is 0 Å². The monoisotopic (exact) mass is 286 g/mol. The van der Waals surface area contributed by atoms with Gasteiger partial charge < -0.3 is 15.8 Å². The van der Waals surface area contributed by atoms with Crippen LogP contribution in [0.25, 0.3) is 0 Å². The van der Waals surface area contributed by atoms with Gasteiger partial charge in [0.2, 0.25) is 0 Å². The first-order valence-electron chi connectivity index (χ1n) is 6.94. The van der Waals surface area contributed by atoms with E-state index in [1.807, 2.05) is 38.1 Å². The number of nitrogen functional groups attached to an aromatic ring is 1. The number of amides is 1. The van der Waals surface area contributed by atoms with Crippen molar-refractivity contribution in [2.45, 2.75) is 25.8 Å². The highest BCUT2D eigenvalue weighted by Crippen LogP contribution is 2.32. The highest BCUT2D eigenvalue weighted by molar-refractivity contribution is 5.98. The van der Waals surface area contributed by atoms with E-state index in [4.69, 9.17) is 10.5 Å². The van der Waals surface area contributed by atoms with E-state index in [0.717, 1.165) is 17.0 Å². The van der Waals surface area contributed by atoms with E-state index in [1.54, 1.807) is 0 Å². The van der Waals surface area contributed by atoms with Crippen LogP contribution in [-0.4, -0.2) is 22.7 Å². The minimum absolute atomic E-state index is 0.174. The fourth-order valence-corrected chi connectivity index (χ4v) is 2.49. The SMILES string of the molecule is CC(C)c1[nH]nc(C(=O)NC2COc3ccccc32)c1N. The topological polar surface area (TPSA) is 93.0 Å². The Morgan fingerprint density at radius 3 is 2.95 bits per heavy atom. The Morgan fingerprint density at radius 1 is 1.48 bits per heavy atom. The molecule has 2 heterocycles. The number of aromatic amines is 1. The number of carbonyl (C=O) groups excluding carboxylic acids is 1. The Balaban J connectivity index is 1.79. The summed E-state index contributed by atoms with van der Waals surface area (Å²) >= 11 is 0. The third kappa shape index (κ3) is 2.33. The molecule has 1 atom stereocenters. The summed E-state index contributed by atoms with van der Waals surface area (Å²) in [5.74, 6) is 0.705. The van der Waals surface area contributed by atoms with Crippen LogP contribution in [0, 0.1) is 0 Å². The molecule has 6 nitrogen and oxygen atoms in total. The highest BCUT2D eigenvalue weighted by atomic mass is 16.5. The number of hydrogen-bond acceptors (Lipinski definition) is 4. The molecule has 1 aliphatic heterocycles. The molecule has 110 valence electrons. The van der Waals surface area contributed by atoms with Crippen molar-refractivity contribution in [2.75, 3.05) is 12.3 Å². The Kier molecular flexibility index (Phi) is 3.29. The van der Waals surface area contributed by atoms with Crippen molar-refractivity contribution in [3.05, 3.63) is 41.2 Å². The van der Waals surface area contributed by atoms with Crippen LogP contribution in [0.1, 0.15) is 47.6 Å². The maximum Gasteiger partial charge on any atom is 0.274 e. The number of ether oxygens (including phenoxy) is 1. The van der Waals surface area contributed by atoms with E-state index in [-0.39, 0.29) is 23.6 Å². The average molecular weight is 286 g/mol. The summed E-state index contributed by atoms with van der Waals surface area (Å²) in [5.41, 5.74) is 8.40. The number of anilines is 1. The average Bonchev–Trinajstić information content (AvgIpc) is 3.03. The molecule has 0 spiro atoms. The van der Waals surface area contributed by atoms with Gasteiger partial charge in [0.1, 0.15) is 12.4 Å². The van der Waals surface area contributed by atoms with Crippen LogP contribution >= 0.6 is 0 Å². The normalized spacial score (nSPS) is 16.6. The van der Waals surface area contributed by atoms with Crippen molar-refractivity contribution in [1.29, 1.82) is 0 Å². The summed E-state index contributed by atoms with van der Waals surface area (Å²) in [4.78, 5) is 12.3. The van der Waals surface area contributed by atoms with E-state index in [1.165, 1.54) is 0 Å². The highest BCUT2D eigenvalue weighted by Gasteiger charge is 2.27. The summed E-state index contributed by atoms with van der Waals surface area (Å²) < 4.78 is 5.55. The van der Waals surface area contributed by atoms with Crippen molar-refractivity contribution in [3.8, 4) is 5.75 Å². The number of nitrogens with two attached hydrogens (primary N) is 1. The molecular formula is C15H18N4O2. The lowest BCUT2D eigenvalue weighted by molar-refractivity contribution is 0.0926. The van der Waals surface area contributed by atoms with Crippen LogP contribution in [0.3, 0.4) is 0 Å². The number of H-pyrrole nitrogens is 1. The number of nitrogens with one attached hydrogen (secondary N) is 2. The number of carbonyl (C=O) groups is 1. The molecular weight excluding hydrogens is 268 g/mol. The van der Waals surface area contributed by atoms with Gasteiger partial charge in [-0.2, -0.15) is 5.10 Å². The zero-order valence-corrected chi connectivity index (χ0v) is 12.0. The van der Waals surface area contributed by atoms with Gasteiger partial charge in [-0.15, -0.1) is 0 Å². The molecule has 0 aliphatic carbocycles. The lowest BCUT2D eigenvalue weighted by Gasteiger charge is -2.11. The predicted molar refractivity (Wildman–Crippen MR) is 79.2 cm³/mol. The molecule has 1 aromatic heterocycles. The first-order valence-corrected chi connectivity index (χ1v) is 6.94. The van der Waals surface area contributed by atoms with E-state index in [2.05, 4.69) is 15.5 Å². The molecule has 0 saturated heterocycles. The van der Waals surface area contributed by atoms with Gasteiger partial charge >= 0.3 is 0 Å². The summed E-state index contributed by atoms with van der Waals surface area (Å²) in [6.45, 7) is 4.41. The standard InChI is InChI=1S/C15H18N4O2/c1-8(2)13-12(16)14(19-18-13)15(20)17-10-7-21-11-6-4-3-5-9(10)11/h3-6,8,10H,7,16H2,1-2H3,(H,17,20)(H,18,19). The molecule has 6 heteroatoms. The molecule has 1 amide bonds. The number of nitrogens with zero attached hydrogens (tertiary/aromatic N) is 1. The molecule has 0 radical (unpaired) electrons. The molecule has 4 N–H and O–H groups in total. The van der Waals surface area contributed by atoms with Crippen molar-refractivity contribution in [1.82, 2.24) is 15.5 Å². The van der Waals surface area contributed by atoms with Gasteiger partial charge in [0.05, 0.1) is 17.4 Å². The van der Waals surface area contributed by atoms with Gasteiger partial charge in [0.25, 0.3) is 5.91 Å². The van der Waals surface area contributed by atoms with Crippen LogP contribution < -0.4 is 15.8 Å². The third-order valence-electron chi connectivity index (χ3n) is 3.63. The van der Waals surface area contributed by atoms with Gasteiger partial charge in [0, 0.05) is 5.56 Å². The second-order valence-corrected chi connectivity index (χ2v) is 5.43. The molecule has 0 fully saturated rings. The van der Waals surface area contributed by atoms with Gasteiger partial charge in [-0.25, -0.2) is 0 Å². The first kappa shape index (κ1) is 13.5. The fourth-order valence-electron chi connectivity index (χ4n) is 2.49. The molecule has 2 aromatic rings. The van der Waals surface area contributed by atoms with Crippen LogP contribution in [0.4, 0.5) is 5.69 Å². The van der Waals surface area contributed by atoms with E-state index in [9.17, 15) is 4.79 Å². The summed E-state index contributed by atoms with van der Waals surface area (Å²) in [5, 5.41) is 9.78. The van der Waals surface area contributed by atoms with E-state index >= 15 is 0 Å². The molecule has 0 saturated carbocycles. The van der Waals surface area contributed by atoms with Crippen LogP contribution in [0.15, 0.2) is 24.3 Å². The Hall–Kier alpha value is -2.50. The smallest absolute Gasteiger partial charge is 0.274 e. The maximum absolute atomic E-state index is 12.3. The zero-order chi connectivity index (χ0) is 15.0. The molecule has 0 bridgehead atoms. The number of aromatic nitrogens is 2. The number of rotatable bonds is 3. The fraction of sp³-hybridized carbons (Fsp3) is 0.333. The van der Waals surface area contributed by atoms with Crippen LogP contribution in [-0.2, 0) is 0 Å². The molecule has 1 aromatic carbocycles. The van der Waals surface area contributed by atoms with Gasteiger partial charge in [-0.05, 0) is 12.0 Å². The van der Waals surface area contributed by atoms with Crippen molar-refractivity contribution < 1.29 is 9.53 Å². The van der Waals surface area contributed by atoms with Gasteiger partial charge in [-0.3, -0.25) is 9.89 Å². The van der Waals surface area contributed by atoms with Gasteiger partial charge in [0.15, 0.2) is 5.69 Å². The summed E-state index contributed by atoms with van der Waals surface area (Å²) in [7, 11) is 0. The quantitative estimate of drug-likeness (QED) is 0.804. The van der Waals surface area contributed by atoms with E-state index < -0.39 is 0 Å². The number of fused-ring (bicyclic) bond motifs is 1. The number of hydrogen-bond donors (Lipinski definition) is 3. The van der Waals surface area contributed by atoms with Crippen molar-refractivity contribution in [3.63, 3.8) is 0 Å². The molecule has 1 unspecified atom stereocenters. The minimum Gasteiger partial charge on any atom is -0.491 e. The Bertz CT molecular complexity index is 678. The molecule has 1 aliphatic rings.